The molecule has 3 aromatic carbocycles. The van der Waals surface area contributed by atoms with E-state index in [0.29, 0.717) is 23.6 Å². The number of para-hydroxylation sites is 2. The standard InChI is InChI=1S/C28H22N4O/c33-26(21-11-4-1-5-12-21)25-27(29-22-13-6-2-7-14-22)32(23-15-8-3-9-16-23)28-24-17-10-18-30(24)19-20-31(25)28/h1-18H,19-20H2. The van der Waals surface area contributed by atoms with Crippen molar-refractivity contribution in [2.24, 2.45) is 4.99 Å². The number of amidine groups is 2. The van der Waals surface area contributed by atoms with Gasteiger partial charge in [-0.25, -0.2) is 9.57 Å². The van der Waals surface area contributed by atoms with Gasteiger partial charge in [0.2, 0.25) is 0 Å². The average Bonchev–Trinajstić information content (AvgIpc) is 3.47. The van der Waals surface area contributed by atoms with E-state index in [1.807, 2.05) is 78.9 Å². The minimum atomic E-state index is -0.0266. The summed E-state index contributed by atoms with van der Waals surface area (Å²) in [4.78, 5) is 7.16. The number of anilines is 1. The van der Waals surface area contributed by atoms with E-state index in [1.54, 1.807) is 0 Å². The summed E-state index contributed by atoms with van der Waals surface area (Å²) >= 11 is 0. The molecule has 4 aromatic rings. The summed E-state index contributed by atoms with van der Waals surface area (Å²) in [5.41, 5.74) is 4.11. The first-order chi connectivity index (χ1) is 16.3. The van der Waals surface area contributed by atoms with E-state index in [0.717, 1.165) is 29.4 Å². The lowest BCUT2D eigenvalue weighted by Crippen LogP contribution is -2.38. The van der Waals surface area contributed by atoms with Gasteiger partial charge in [-0.05, 0) is 47.7 Å². The second kappa shape index (κ2) is 7.95. The van der Waals surface area contributed by atoms with Gasteiger partial charge >= 0.3 is 5.84 Å². The second-order valence-corrected chi connectivity index (χ2v) is 8.05. The zero-order chi connectivity index (χ0) is 22.2. The van der Waals surface area contributed by atoms with Gasteiger partial charge in [0.25, 0.3) is 5.84 Å². The van der Waals surface area contributed by atoms with Crippen molar-refractivity contribution in [2.75, 3.05) is 11.4 Å². The molecule has 0 atom stereocenters. The monoisotopic (exact) mass is 430 g/mol. The predicted molar refractivity (Wildman–Crippen MR) is 129 cm³/mol. The van der Waals surface area contributed by atoms with E-state index in [1.165, 1.54) is 0 Å². The molecule has 0 fully saturated rings. The van der Waals surface area contributed by atoms with Crippen LogP contribution in [0.25, 0.3) is 5.76 Å². The fourth-order valence-corrected chi connectivity index (χ4v) is 4.54. The summed E-state index contributed by atoms with van der Waals surface area (Å²) in [7, 11) is 0. The molecule has 2 aliphatic heterocycles. The lowest BCUT2D eigenvalue weighted by Gasteiger charge is -2.19. The number of hydrogen-bond donors (Lipinski definition) is 0. The van der Waals surface area contributed by atoms with Gasteiger partial charge in [0.1, 0.15) is 17.9 Å². The fraction of sp³-hybridized carbons (Fsp3) is 0.0714. The Hall–Kier alpha value is -4.38. The predicted octanol–water partition coefficient (Wildman–Crippen LogP) is 4.24. The van der Waals surface area contributed by atoms with Gasteiger partial charge in [0.15, 0.2) is 5.70 Å². The fourth-order valence-electron chi connectivity index (χ4n) is 4.54. The summed E-state index contributed by atoms with van der Waals surface area (Å²) in [6, 6.07) is 33.6. The van der Waals surface area contributed by atoms with Crippen molar-refractivity contribution < 1.29 is 9.68 Å². The molecule has 0 saturated carbocycles. The van der Waals surface area contributed by atoms with Gasteiger partial charge in [-0.3, -0.25) is 0 Å². The quantitative estimate of drug-likeness (QED) is 0.361. The van der Waals surface area contributed by atoms with Crippen molar-refractivity contribution in [1.82, 2.24) is 4.57 Å². The third kappa shape index (κ3) is 3.26. The van der Waals surface area contributed by atoms with Crippen molar-refractivity contribution in [1.29, 1.82) is 0 Å². The number of aliphatic imine (C=N–C) groups is 1. The summed E-state index contributed by atoms with van der Waals surface area (Å²) in [5.74, 6) is 1.58. The maximum Gasteiger partial charge on any atom is 0.313 e. The molecule has 0 aliphatic carbocycles. The van der Waals surface area contributed by atoms with Gasteiger partial charge in [-0.15, -0.1) is 0 Å². The van der Waals surface area contributed by atoms with Crippen LogP contribution in [-0.2, 0) is 6.54 Å². The Balaban J connectivity index is 1.67. The third-order valence-corrected chi connectivity index (χ3v) is 6.04. The molecule has 0 spiro atoms. The van der Waals surface area contributed by atoms with Gasteiger partial charge in [0, 0.05) is 6.20 Å². The Labute approximate surface area is 192 Å². The molecule has 1 aromatic heterocycles. The van der Waals surface area contributed by atoms with Crippen LogP contribution >= 0.6 is 0 Å². The summed E-state index contributed by atoms with van der Waals surface area (Å²) in [5, 5.41) is 13.9. The Bertz CT molecular complexity index is 1400. The average molecular weight is 431 g/mol. The number of rotatable bonds is 3. The zero-order valence-corrected chi connectivity index (χ0v) is 18.0. The SMILES string of the molecule is [O-]/C(=C1/C(=Nc2ccccc2)N(c2ccccc2)C2=[N+]1CCn1cccc12)c1ccccc1. The Morgan fingerprint density at radius 3 is 2.18 bits per heavy atom. The highest BCUT2D eigenvalue weighted by Gasteiger charge is 2.47. The van der Waals surface area contributed by atoms with E-state index in [-0.39, 0.29) is 5.76 Å². The number of nitrogens with zero attached hydrogens (tertiary/aromatic N) is 4. The van der Waals surface area contributed by atoms with Crippen LogP contribution in [-0.4, -0.2) is 27.4 Å². The summed E-state index contributed by atoms with van der Waals surface area (Å²) < 4.78 is 4.37. The summed E-state index contributed by atoms with van der Waals surface area (Å²) in [6.07, 6.45) is 2.09. The molecule has 0 radical (unpaired) electrons. The minimum Gasteiger partial charge on any atom is -0.869 e. The first-order valence-corrected chi connectivity index (χ1v) is 11.1. The van der Waals surface area contributed by atoms with Gasteiger partial charge in [-0.1, -0.05) is 66.7 Å². The minimum absolute atomic E-state index is 0.0266. The molecule has 6 rings (SSSR count). The maximum atomic E-state index is 13.9. The summed E-state index contributed by atoms with van der Waals surface area (Å²) in [6.45, 7) is 1.50. The van der Waals surface area contributed by atoms with Crippen molar-refractivity contribution in [3.8, 4) is 0 Å². The first kappa shape index (κ1) is 19.3. The number of hydrogen-bond acceptors (Lipinski definition) is 2. The van der Waals surface area contributed by atoms with Crippen LogP contribution in [0.2, 0.25) is 0 Å². The molecule has 33 heavy (non-hydrogen) atoms. The highest BCUT2D eigenvalue weighted by atomic mass is 16.3. The normalized spacial score (nSPS) is 17.8. The topological polar surface area (TPSA) is 46.6 Å². The third-order valence-electron chi connectivity index (χ3n) is 6.04. The zero-order valence-electron chi connectivity index (χ0n) is 18.0. The molecule has 3 heterocycles. The van der Waals surface area contributed by atoms with Gasteiger partial charge < -0.3 is 9.67 Å². The van der Waals surface area contributed by atoms with Crippen LogP contribution in [0.3, 0.4) is 0 Å². The van der Waals surface area contributed by atoms with E-state index in [4.69, 9.17) is 4.99 Å². The highest BCUT2D eigenvalue weighted by molar-refractivity contribution is 6.31. The van der Waals surface area contributed by atoms with E-state index in [2.05, 4.69) is 44.5 Å². The molecule has 0 unspecified atom stereocenters. The van der Waals surface area contributed by atoms with Crippen molar-refractivity contribution >= 4 is 28.8 Å². The van der Waals surface area contributed by atoms with Gasteiger partial charge in [-0.2, -0.15) is 4.90 Å². The van der Waals surface area contributed by atoms with Crippen LogP contribution in [0.15, 0.2) is 120 Å². The van der Waals surface area contributed by atoms with Crippen LogP contribution in [0.1, 0.15) is 11.3 Å². The molecule has 0 bridgehead atoms. The molecule has 0 saturated heterocycles. The first-order valence-electron chi connectivity index (χ1n) is 11.1. The maximum absolute atomic E-state index is 13.9. The lowest BCUT2D eigenvalue weighted by atomic mass is 10.1. The largest absolute Gasteiger partial charge is 0.869 e. The molecular formula is C28H22N4O. The molecular weight excluding hydrogens is 408 g/mol. The van der Waals surface area contributed by atoms with Crippen molar-refractivity contribution in [3.63, 3.8) is 0 Å². The number of aromatic nitrogens is 1. The molecule has 5 heteroatoms. The smallest absolute Gasteiger partial charge is 0.313 e. The van der Waals surface area contributed by atoms with Crippen LogP contribution < -0.4 is 10.0 Å². The molecule has 0 N–H and O–H groups in total. The van der Waals surface area contributed by atoms with Crippen LogP contribution in [0, 0.1) is 0 Å². The Morgan fingerprint density at radius 2 is 1.45 bits per heavy atom. The van der Waals surface area contributed by atoms with E-state index >= 15 is 0 Å². The molecule has 5 nitrogen and oxygen atoms in total. The van der Waals surface area contributed by atoms with Crippen LogP contribution in [0.5, 0.6) is 0 Å². The molecule has 0 amide bonds. The Morgan fingerprint density at radius 1 is 0.788 bits per heavy atom. The second-order valence-electron chi connectivity index (χ2n) is 8.05. The lowest BCUT2D eigenvalue weighted by molar-refractivity contribution is -0.473. The van der Waals surface area contributed by atoms with Crippen molar-refractivity contribution in [3.05, 3.63) is 126 Å². The van der Waals surface area contributed by atoms with Crippen molar-refractivity contribution in [2.45, 2.75) is 6.54 Å². The van der Waals surface area contributed by atoms with Gasteiger partial charge in [0.05, 0.1) is 12.2 Å². The molecule has 2 aliphatic rings. The van der Waals surface area contributed by atoms with E-state index < -0.39 is 0 Å². The Kier molecular flexibility index (Phi) is 4.65. The van der Waals surface area contributed by atoms with E-state index in [9.17, 15) is 5.11 Å². The van der Waals surface area contributed by atoms with Crippen LogP contribution in [0.4, 0.5) is 11.4 Å². The number of fused-ring (bicyclic) bond motifs is 2. The molecule has 160 valence electrons. The highest BCUT2D eigenvalue weighted by Crippen LogP contribution is 2.33. The number of benzene rings is 3.